The van der Waals surface area contributed by atoms with Crippen LogP contribution in [0.15, 0.2) is 6.07 Å². The van der Waals surface area contributed by atoms with E-state index >= 15 is 0 Å². The Bertz CT molecular complexity index is 375. The van der Waals surface area contributed by atoms with Crippen molar-refractivity contribution in [1.82, 2.24) is 14.7 Å². The summed E-state index contributed by atoms with van der Waals surface area (Å²) in [6.45, 7) is 8.69. The lowest BCUT2D eigenvalue weighted by molar-refractivity contribution is 0.114. The van der Waals surface area contributed by atoms with E-state index < -0.39 is 0 Å². The molecular formula is C14H25N3O. The van der Waals surface area contributed by atoms with Crippen LogP contribution in [0.3, 0.4) is 0 Å². The van der Waals surface area contributed by atoms with Crippen molar-refractivity contribution >= 4 is 0 Å². The maximum absolute atomic E-state index is 9.27. The van der Waals surface area contributed by atoms with Gasteiger partial charge in [-0.15, -0.1) is 0 Å². The van der Waals surface area contributed by atoms with E-state index in [-0.39, 0.29) is 0 Å². The first kappa shape index (κ1) is 13.6. The lowest BCUT2D eigenvalue weighted by atomic mass is 9.99. The van der Waals surface area contributed by atoms with Crippen LogP contribution < -0.4 is 0 Å². The monoisotopic (exact) mass is 251 g/mol. The van der Waals surface area contributed by atoms with Crippen molar-refractivity contribution in [2.75, 3.05) is 19.7 Å². The Kier molecular flexibility index (Phi) is 4.78. The summed E-state index contributed by atoms with van der Waals surface area (Å²) in [5, 5.41) is 13.9. The molecule has 1 fully saturated rings. The molecule has 18 heavy (non-hydrogen) atoms. The Labute approximate surface area is 110 Å². The molecule has 1 saturated heterocycles. The number of hydrogen-bond donors (Lipinski definition) is 1. The smallest absolute Gasteiger partial charge is 0.0625 e. The summed E-state index contributed by atoms with van der Waals surface area (Å²) in [6, 6.07) is 2.23. The fourth-order valence-corrected chi connectivity index (χ4v) is 2.76. The quantitative estimate of drug-likeness (QED) is 0.865. The molecule has 102 valence electrons. The first-order valence-corrected chi connectivity index (χ1v) is 7.15. The van der Waals surface area contributed by atoms with Crippen LogP contribution in [0.5, 0.6) is 0 Å². The normalized spacial score (nSPS) is 21.4. The van der Waals surface area contributed by atoms with Crippen molar-refractivity contribution in [3.63, 3.8) is 0 Å². The fraction of sp³-hybridized carbons (Fsp3) is 0.786. The van der Waals surface area contributed by atoms with Gasteiger partial charge in [-0.1, -0.05) is 6.92 Å². The molecule has 1 N–H and O–H groups in total. The summed E-state index contributed by atoms with van der Waals surface area (Å²) in [5.74, 6) is 0.461. The molecule has 1 unspecified atom stereocenters. The highest BCUT2D eigenvalue weighted by Crippen LogP contribution is 2.18. The first-order chi connectivity index (χ1) is 8.76. The van der Waals surface area contributed by atoms with Crippen molar-refractivity contribution < 1.29 is 5.11 Å². The Balaban J connectivity index is 2.01. The van der Waals surface area contributed by atoms with Crippen LogP contribution in [0, 0.1) is 5.92 Å². The minimum absolute atomic E-state index is 0.323. The zero-order valence-corrected chi connectivity index (χ0v) is 11.6. The predicted octanol–water partition coefficient (Wildman–Crippen LogP) is 1.67. The molecule has 1 atom stereocenters. The topological polar surface area (TPSA) is 41.3 Å². The van der Waals surface area contributed by atoms with Gasteiger partial charge in [0.1, 0.15) is 0 Å². The molecule has 1 aliphatic rings. The number of rotatable bonds is 5. The van der Waals surface area contributed by atoms with Gasteiger partial charge in [0.05, 0.1) is 11.4 Å². The number of likely N-dealkylation sites (tertiary alicyclic amines) is 1. The van der Waals surface area contributed by atoms with Crippen LogP contribution in [0.2, 0.25) is 0 Å². The Hall–Kier alpha value is -0.870. The number of aryl methyl sites for hydroxylation is 2. The van der Waals surface area contributed by atoms with Gasteiger partial charge in [0.15, 0.2) is 0 Å². The molecule has 0 saturated carbocycles. The van der Waals surface area contributed by atoms with Crippen molar-refractivity contribution in [2.24, 2.45) is 5.92 Å². The summed E-state index contributed by atoms with van der Waals surface area (Å²) in [5.41, 5.74) is 2.50. The van der Waals surface area contributed by atoms with E-state index in [0.29, 0.717) is 12.5 Å². The average Bonchev–Trinajstić information content (AvgIpc) is 2.81. The zero-order chi connectivity index (χ0) is 13.0. The highest BCUT2D eigenvalue weighted by Gasteiger charge is 2.20. The van der Waals surface area contributed by atoms with E-state index in [2.05, 4.69) is 34.6 Å². The van der Waals surface area contributed by atoms with Gasteiger partial charge >= 0.3 is 0 Å². The minimum atomic E-state index is 0.323. The van der Waals surface area contributed by atoms with E-state index in [1.54, 1.807) is 0 Å². The third-order valence-corrected chi connectivity index (χ3v) is 3.82. The zero-order valence-electron chi connectivity index (χ0n) is 11.6. The van der Waals surface area contributed by atoms with Crippen molar-refractivity contribution in [3.05, 3.63) is 17.5 Å². The van der Waals surface area contributed by atoms with Crippen molar-refractivity contribution in [2.45, 2.75) is 46.2 Å². The second-order valence-corrected chi connectivity index (χ2v) is 5.22. The van der Waals surface area contributed by atoms with Gasteiger partial charge in [0, 0.05) is 26.2 Å². The Morgan fingerprint density at radius 2 is 2.28 bits per heavy atom. The van der Waals surface area contributed by atoms with Gasteiger partial charge in [0.25, 0.3) is 0 Å². The fourth-order valence-electron chi connectivity index (χ4n) is 2.76. The maximum atomic E-state index is 9.27. The highest BCUT2D eigenvalue weighted by atomic mass is 16.3. The van der Waals surface area contributed by atoms with Gasteiger partial charge < -0.3 is 5.11 Å². The summed E-state index contributed by atoms with van der Waals surface area (Å²) in [7, 11) is 0. The van der Waals surface area contributed by atoms with Crippen molar-refractivity contribution in [3.8, 4) is 0 Å². The van der Waals surface area contributed by atoms with Crippen LogP contribution in [-0.2, 0) is 19.5 Å². The third kappa shape index (κ3) is 3.12. The Morgan fingerprint density at radius 3 is 2.94 bits per heavy atom. The van der Waals surface area contributed by atoms with Crippen molar-refractivity contribution in [1.29, 1.82) is 0 Å². The second-order valence-electron chi connectivity index (χ2n) is 5.22. The average molecular weight is 251 g/mol. The molecule has 4 nitrogen and oxygen atoms in total. The number of aliphatic hydroxyl groups is 1. The molecule has 0 bridgehead atoms. The number of aliphatic hydroxyl groups excluding tert-OH is 1. The minimum Gasteiger partial charge on any atom is -0.396 e. The van der Waals surface area contributed by atoms with Gasteiger partial charge in [-0.2, -0.15) is 5.10 Å². The summed E-state index contributed by atoms with van der Waals surface area (Å²) < 4.78 is 2.11. The molecule has 2 rings (SSSR count). The molecule has 2 heterocycles. The van der Waals surface area contributed by atoms with Crippen LogP contribution in [-0.4, -0.2) is 39.5 Å². The Morgan fingerprint density at radius 1 is 1.44 bits per heavy atom. The van der Waals surface area contributed by atoms with E-state index in [9.17, 15) is 5.11 Å². The summed E-state index contributed by atoms with van der Waals surface area (Å²) >= 11 is 0. The van der Waals surface area contributed by atoms with E-state index in [0.717, 1.165) is 32.6 Å². The van der Waals surface area contributed by atoms with E-state index in [4.69, 9.17) is 0 Å². The molecule has 0 amide bonds. The van der Waals surface area contributed by atoms with E-state index in [1.165, 1.54) is 24.2 Å². The SMILES string of the molecule is CCc1cc(CN2CCCC(CO)C2)n(CC)n1. The number of aromatic nitrogens is 2. The molecule has 0 radical (unpaired) electrons. The molecule has 0 aromatic carbocycles. The number of nitrogens with zero attached hydrogens (tertiary/aromatic N) is 3. The largest absolute Gasteiger partial charge is 0.396 e. The van der Waals surface area contributed by atoms with Crippen LogP contribution >= 0.6 is 0 Å². The van der Waals surface area contributed by atoms with Crippen LogP contribution in [0.1, 0.15) is 38.1 Å². The van der Waals surface area contributed by atoms with Crippen LogP contribution in [0.25, 0.3) is 0 Å². The van der Waals surface area contributed by atoms with Crippen LogP contribution in [0.4, 0.5) is 0 Å². The van der Waals surface area contributed by atoms with Gasteiger partial charge in [-0.05, 0) is 44.7 Å². The van der Waals surface area contributed by atoms with Gasteiger partial charge in [-0.3, -0.25) is 9.58 Å². The molecule has 0 aliphatic carbocycles. The molecular weight excluding hydrogens is 226 g/mol. The molecule has 1 aliphatic heterocycles. The predicted molar refractivity (Wildman–Crippen MR) is 72.4 cm³/mol. The second kappa shape index (κ2) is 6.34. The first-order valence-electron chi connectivity index (χ1n) is 7.15. The molecule has 0 spiro atoms. The van der Waals surface area contributed by atoms with Gasteiger partial charge in [-0.25, -0.2) is 0 Å². The summed E-state index contributed by atoms with van der Waals surface area (Å²) in [4.78, 5) is 2.45. The third-order valence-electron chi connectivity index (χ3n) is 3.82. The lowest BCUT2D eigenvalue weighted by Crippen LogP contribution is -2.36. The molecule has 1 aromatic heterocycles. The van der Waals surface area contributed by atoms with Gasteiger partial charge in [0.2, 0.25) is 0 Å². The maximum Gasteiger partial charge on any atom is 0.0625 e. The standard InChI is InChI=1S/C14H25N3O/c1-3-13-8-14(17(4-2)15-13)10-16-7-5-6-12(9-16)11-18/h8,12,18H,3-7,9-11H2,1-2H3. The lowest BCUT2D eigenvalue weighted by Gasteiger charge is -2.31. The number of hydrogen-bond acceptors (Lipinski definition) is 3. The highest BCUT2D eigenvalue weighted by molar-refractivity contribution is 5.10. The van der Waals surface area contributed by atoms with E-state index in [1.807, 2.05) is 0 Å². The summed E-state index contributed by atoms with van der Waals surface area (Å²) in [6.07, 6.45) is 3.37. The molecule has 1 aromatic rings. The number of piperidine rings is 1. The molecule has 4 heteroatoms.